The molecule has 0 bridgehead atoms. The van der Waals surface area contributed by atoms with E-state index < -0.39 is 47.8 Å². The minimum atomic E-state index is -1.37. The molecule has 3 atom stereocenters. The molecule has 0 fully saturated rings. The van der Waals surface area contributed by atoms with Gasteiger partial charge in [0.15, 0.2) is 0 Å². The van der Waals surface area contributed by atoms with Crippen LogP contribution in [0.5, 0.6) is 0 Å². The Morgan fingerprint density at radius 3 is 1.41 bits per heavy atom. The third-order valence-corrected chi connectivity index (χ3v) is 5.96. The topological polar surface area (TPSA) is 235 Å². The summed E-state index contributed by atoms with van der Waals surface area (Å²) in [4.78, 5) is 70.4. The van der Waals surface area contributed by atoms with Gasteiger partial charge in [-0.2, -0.15) is 0 Å². The van der Waals surface area contributed by atoms with Crippen LogP contribution in [0, 0.1) is 0 Å². The van der Waals surface area contributed by atoms with Crippen molar-refractivity contribution >= 4 is 35.7 Å². The molecule has 0 radical (unpaired) electrons. The summed E-state index contributed by atoms with van der Waals surface area (Å²) in [6.07, 6.45) is -0.387. The highest BCUT2D eigenvalue weighted by Gasteiger charge is 2.22. The number of benzene rings is 2. The molecule has 2 aromatic carbocycles. The lowest BCUT2D eigenvalue weighted by Gasteiger charge is -2.19. The van der Waals surface area contributed by atoms with Crippen molar-refractivity contribution in [3.63, 3.8) is 0 Å². The maximum absolute atomic E-state index is 12.6. The van der Waals surface area contributed by atoms with Crippen LogP contribution in [0.2, 0.25) is 0 Å². The van der Waals surface area contributed by atoms with E-state index in [-0.39, 0.29) is 72.5 Å². The molecule has 0 aromatic heterocycles. The van der Waals surface area contributed by atoms with E-state index in [0.717, 1.165) is 36.4 Å². The van der Waals surface area contributed by atoms with Gasteiger partial charge in [0, 0.05) is 12.1 Å². The van der Waals surface area contributed by atoms with Crippen molar-refractivity contribution in [3.8, 4) is 0 Å². The number of carbonyl (C=O) groups excluding carboxylic acids is 2. The highest BCUT2D eigenvalue weighted by atomic mass is 16.5. The van der Waals surface area contributed by atoms with E-state index in [2.05, 4.69) is 10.6 Å². The summed E-state index contributed by atoms with van der Waals surface area (Å²) in [6.45, 7) is 5.64. The third-order valence-electron chi connectivity index (χ3n) is 5.96. The Kier molecular flexibility index (Phi) is 13.4. The Morgan fingerprint density at radius 1 is 0.591 bits per heavy atom. The summed E-state index contributed by atoms with van der Waals surface area (Å²) in [5.41, 5.74) is -1.69. The van der Waals surface area contributed by atoms with Gasteiger partial charge >= 0.3 is 23.9 Å². The van der Waals surface area contributed by atoms with Crippen LogP contribution in [0.15, 0.2) is 36.4 Å². The zero-order chi connectivity index (χ0) is 33.0. The lowest BCUT2D eigenvalue weighted by molar-refractivity contribution is -0.0285. The quantitative estimate of drug-likeness (QED) is 0.131. The fourth-order valence-electron chi connectivity index (χ4n) is 3.77. The van der Waals surface area contributed by atoms with E-state index in [1.54, 1.807) is 20.8 Å². The van der Waals surface area contributed by atoms with Crippen molar-refractivity contribution < 1.29 is 63.4 Å². The first-order valence-corrected chi connectivity index (χ1v) is 13.3. The van der Waals surface area contributed by atoms with Crippen LogP contribution in [0.1, 0.15) is 82.9 Å². The molecule has 0 aliphatic rings. The Labute approximate surface area is 251 Å². The number of carbonyl (C=O) groups is 6. The number of ether oxygens (including phenoxy) is 3. The first-order chi connectivity index (χ1) is 20.7. The fourth-order valence-corrected chi connectivity index (χ4v) is 3.77. The average molecular weight is 619 g/mol. The monoisotopic (exact) mass is 618 g/mol. The minimum absolute atomic E-state index is 0.0595. The highest BCUT2D eigenvalue weighted by Crippen LogP contribution is 2.15. The Balaban J connectivity index is 1.70. The number of carboxylic acids is 4. The molecule has 0 saturated heterocycles. The van der Waals surface area contributed by atoms with E-state index in [1.165, 1.54) is 0 Å². The van der Waals surface area contributed by atoms with Gasteiger partial charge in [-0.15, -0.1) is 0 Å². The minimum Gasteiger partial charge on any atom is -0.478 e. The summed E-state index contributed by atoms with van der Waals surface area (Å²) >= 11 is 0. The molecular weight excluding hydrogens is 584 g/mol. The van der Waals surface area contributed by atoms with Crippen LogP contribution >= 0.6 is 0 Å². The lowest BCUT2D eigenvalue weighted by Crippen LogP contribution is -2.38. The maximum Gasteiger partial charge on any atom is 0.336 e. The number of hydrogen-bond acceptors (Lipinski definition) is 9. The van der Waals surface area contributed by atoms with Gasteiger partial charge in [-0.3, -0.25) is 9.59 Å². The SMILES string of the molecule is CC(COCCOCC(C)OCC(C)NC(=O)c1cc(C(=O)O)ccc1C(=O)O)NC(=O)c1cc(C(=O)O)ccc1C(=O)O. The molecule has 15 nitrogen and oxygen atoms in total. The molecule has 0 aliphatic heterocycles. The molecule has 2 rings (SSSR count). The zero-order valence-electron chi connectivity index (χ0n) is 24.2. The van der Waals surface area contributed by atoms with E-state index in [9.17, 15) is 39.0 Å². The molecule has 6 N–H and O–H groups in total. The number of carboxylic acid groups (broad SMARTS) is 4. The van der Waals surface area contributed by atoms with Crippen LogP contribution in [0.25, 0.3) is 0 Å². The van der Waals surface area contributed by atoms with Crippen LogP contribution < -0.4 is 10.6 Å². The molecule has 0 saturated carbocycles. The molecule has 15 heteroatoms. The Morgan fingerprint density at radius 2 is 1.00 bits per heavy atom. The highest BCUT2D eigenvalue weighted by molar-refractivity contribution is 6.07. The molecule has 2 aromatic rings. The predicted octanol–water partition coefficient (Wildman–Crippen LogP) is 1.85. The predicted molar refractivity (Wildman–Crippen MR) is 152 cm³/mol. The smallest absolute Gasteiger partial charge is 0.336 e. The summed E-state index contributed by atoms with van der Waals surface area (Å²) in [5.74, 6) is -6.87. The van der Waals surface area contributed by atoms with E-state index in [4.69, 9.17) is 24.4 Å². The lowest BCUT2D eigenvalue weighted by atomic mass is 10.0. The van der Waals surface area contributed by atoms with Crippen LogP contribution in [0.3, 0.4) is 0 Å². The average Bonchev–Trinajstić information content (AvgIpc) is 2.96. The first-order valence-electron chi connectivity index (χ1n) is 13.3. The molecule has 238 valence electrons. The van der Waals surface area contributed by atoms with Crippen molar-refractivity contribution in [2.75, 3.05) is 33.0 Å². The van der Waals surface area contributed by atoms with E-state index in [0.29, 0.717) is 0 Å². The molecule has 0 aliphatic carbocycles. The molecule has 0 heterocycles. The number of amides is 2. The summed E-state index contributed by atoms with van der Waals surface area (Å²) < 4.78 is 16.6. The summed E-state index contributed by atoms with van der Waals surface area (Å²) in [6, 6.07) is 5.23. The third kappa shape index (κ3) is 10.8. The van der Waals surface area contributed by atoms with Gasteiger partial charge < -0.3 is 45.3 Å². The molecule has 3 unspecified atom stereocenters. The van der Waals surface area contributed by atoms with Gasteiger partial charge in [0.2, 0.25) is 0 Å². The summed E-state index contributed by atoms with van der Waals surface area (Å²) in [5, 5.41) is 42.0. The number of aromatic carboxylic acids is 4. The summed E-state index contributed by atoms with van der Waals surface area (Å²) in [7, 11) is 0. The van der Waals surface area contributed by atoms with Crippen molar-refractivity contribution in [1.29, 1.82) is 0 Å². The fraction of sp³-hybridized carbons (Fsp3) is 0.379. The molecule has 0 spiro atoms. The standard InChI is InChI=1S/C29H34N2O13/c1-15(30-24(32)22-10-18(26(34)35)4-6-20(22)28(38)39)12-42-8-9-43-14-17(3)44-13-16(2)31-25(33)23-11-19(27(36)37)5-7-21(23)29(40)41/h4-7,10-11,15-17H,8-9,12-14H2,1-3H3,(H,30,32)(H,31,33)(H,34,35)(H,36,37)(H,38,39)(H,40,41). The van der Waals surface area contributed by atoms with Gasteiger partial charge in [-0.25, -0.2) is 19.2 Å². The second kappa shape index (κ2) is 16.7. The second-order valence-corrected chi connectivity index (χ2v) is 9.78. The molecular formula is C29H34N2O13. The number of nitrogens with one attached hydrogen (secondary N) is 2. The maximum atomic E-state index is 12.6. The van der Waals surface area contributed by atoms with Crippen molar-refractivity contribution in [2.45, 2.75) is 39.0 Å². The van der Waals surface area contributed by atoms with Crippen LogP contribution in [0.4, 0.5) is 0 Å². The van der Waals surface area contributed by atoms with Gasteiger partial charge in [0.1, 0.15) is 0 Å². The van der Waals surface area contributed by atoms with Gasteiger partial charge in [-0.05, 0) is 57.2 Å². The van der Waals surface area contributed by atoms with Crippen LogP contribution in [-0.2, 0) is 14.2 Å². The Hall–Kier alpha value is -4.86. The number of rotatable bonds is 18. The van der Waals surface area contributed by atoms with Gasteiger partial charge in [0.05, 0.1) is 72.5 Å². The number of hydrogen-bond donors (Lipinski definition) is 6. The van der Waals surface area contributed by atoms with Crippen LogP contribution in [-0.4, -0.2) is 107 Å². The Bertz CT molecular complexity index is 1390. The molecule has 44 heavy (non-hydrogen) atoms. The van der Waals surface area contributed by atoms with Crippen molar-refractivity contribution in [1.82, 2.24) is 10.6 Å². The van der Waals surface area contributed by atoms with Crippen molar-refractivity contribution in [2.24, 2.45) is 0 Å². The first kappa shape index (κ1) is 35.3. The van der Waals surface area contributed by atoms with Crippen molar-refractivity contribution in [3.05, 3.63) is 69.8 Å². The van der Waals surface area contributed by atoms with E-state index in [1.807, 2.05) is 0 Å². The normalized spacial score (nSPS) is 12.9. The van der Waals surface area contributed by atoms with E-state index >= 15 is 0 Å². The largest absolute Gasteiger partial charge is 0.478 e. The second-order valence-electron chi connectivity index (χ2n) is 9.78. The van der Waals surface area contributed by atoms with Gasteiger partial charge in [-0.1, -0.05) is 0 Å². The zero-order valence-corrected chi connectivity index (χ0v) is 24.2. The molecule has 2 amide bonds. The van der Waals surface area contributed by atoms with Gasteiger partial charge in [0.25, 0.3) is 11.8 Å².